The van der Waals surface area contributed by atoms with Crippen molar-refractivity contribution in [2.45, 2.75) is 32.1 Å². The molecule has 5 rings (SSSR count). The molecular weight excluding hydrogens is 380 g/mol. The second kappa shape index (κ2) is 7.77. The lowest BCUT2D eigenvalue weighted by molar-refractivity contribution is 0.414. The van der Waals surface area contributed by atoms with Crippen LogP contribution >= 0.6 is 0 Å². The summed E-state index contributed by atoms with van der Waals surface area (Å²) in [4.78, 5) is 0. The Hall–Kier alpha value is -3.26. The molecule has 156 valence electrons. The Morgan fingerprint density at radius 3 is 1.39 bits per heavy atom. The number of ether oxygens (including phenoxy) is 2. The summed E-state index contributed by atoms with van der Waals surface area (Å²) in [5.41, 5.74) is 8.39. The third-order valence-electron chi connectivity index (χ3n) is 6.91. The summed E-state index contributed by atoms with van der Waals surface area (Å²) >= 11 is 0. The third kappa shape index (κ3) is 3.27. The average Bonchev–Trinajstić information content (AvgIpc) is 2.82. The van der Waals surface area contributed by atoms with E-state index in [9.17, 15) is 0 Å². The lowest BCUT2D eigenvalue weighted by Gasteiger charge is -2.35. The lowest BCUT2D eigenvalue weighted by Crippen LogP contribution is -2.18. The molecule has 4 aromatic rings. The highest BCUT2D eigenvalue weighted by Crippen LogP contribution is 2.50. The van der Waals surface area contributed by atoms with Crippen LogP contribution in [0.15, 0.2) is 72.8 Å². The van der Waals surface area contributed by atoms with E-state index in [1.807, 2.05) is 0 Å². The molecule has 4 aromatic carbocycles. The Morgan fingerprint density at radius 1 is 0.581 bits per heavy atom. The minimum Gasteiger partial charge on any atom is -0.497 e. The molecule has 0 fully saturated rings. The van der Waals surface area contributed by atoms with Gasteiger partial charge in [0.05, 0.1) is 14.2 Å². The first-order chi connectivity index (χ1) is 15.1. The van der Waals surface area contributed by atoms with E-state index >= 15 is 0 Å². The van der Waals surface area contributed by atoms with Gasteiger partial charge in [-0.25, -0.2) is 0 Å². The highest BCUT2D eigenvalue weighted by Gasteiger charge is 2.33. The molecule has 2 unspecified atom stereocenters. The molecule has 2 nitrogen and oxygen atoms in total. The molecule has 0 N–H and O–H groups in total. The van der Waals surface area contributed by atoms with Gasteiger partial charge >= 0.3 is 0 Å². The second-order valence-electron chi connectivity index (χ2n) is 8.58. The van der Waals surface area contributed by atoms with Crippen LogP contribution in [0.3, 0.4) is 0 Å². The third-order valence-corrected chi connectivity index (χ3v) is 6.91. The van der Waals surface area contributed by atoms with Gasteiger partial charge in [0.2, 0.25) is 0 Å². The van der Waals surface area contributed by atoms with E-state index < -0.39 is 0 Å². The van der Waals surface area contributed by atoms with Gasteiger partial charge in [-0.3, -0.25) is 0 Å². The summed E-state index contributed by atoms with van der Waals surface area (Å²) in [5, 5.41) is 2.77. The van der Waals surface area contributed by atoms with Gasteiger partial charge < -0.3 is 9.47 Å². The Bertz CT molecular complexity index is 1140. The van der Waals surface area contributed by atoms with Crippen molar-refractivity contribution in [1.82, 2.24) is 0 Å². The van der Waals surface area contributed by atoms with E-state index in [0.29, 0.717) is 11.8 Å². The van der Waals surface area contributed by atoms with Gasteiger partial charge in [-0.05, 0) is 88.7 Å². The number of aryl methyl sites for hydroxylation is 2. The van der Waals surface area contributed by atoms with Crippen LogP contribution in [0.2, 0.25) is 0 Å². The quantitative estimate of drug-likeness (QED) is 0.357. The summed E-state index contributed by atoms with van der Waals surface area (Å²) < 4.78 is 10.8. The fourth-order valence-electron chi connectivity index (χ4n) is 5.33. The number of hydrogen-bond acceptors (Lipinski definition) is 2. The normalized spacial score (nSPS) is 17.5. The zero-order chi connectivity index (χ0) is 21.5. The first-order valence-corrected chi connectivity index (χ1v) is 10.9. The molecule has 0 spiro atoms. The molecule has 0 heterocycles. The molecule has 1 aliphatic rings. The SMILES string of the molecule is COc1ccc(C2CC(c3ccc(OC)cc3)c3c(C)ccc4ccc(C)c2c34)cc1. The first-order valence-electron chi connectivity index (χ1n) is 10.9. The Labute approximate surface area is 184 Å². The predicted molar refractivity (Wildman–Crippen MR) is 128 cm³/mol. The van der Waals surface area contributed by atoms with E-state index in [1.54, 1.807) is 14.2 Å². The van der Waals surface area contributed by atoms with Gasteiger partial charge in [-0.2, -0.15) is 0 Å². The zero-order valence-electron chi connectivity index (χ0n) is 18.6. The van der Waals surface area contributed by atoms with Gasteiger partial charge in [0, 0.05) is 11.8 Å². The van der Waals surface area contributed by atoms with Crippen LogP contribution in [0.5, 0.6) is 11.5 Å². The molecule has 0 bridgehead atoms. The molecule has 0 saturated heterocycles. The van der Waals surface area contributed by atoms with Crippen LogP contribution in [0.1, 0.15) is 51.6 Å². The Morgan fingerprint density at radius 2 is 1.00 bits per heavy atom. The highest BCUT2D eigenvalue weighted by molar-refractivity contribution is 5.93. The van der Waals surface area contributed by atoms with Gasteiger partial charge in [-0.1, -0.05) is 48.5 Å². The monoisotopic (exact) mass is 408 g/mol. The largest absolute Gasteiger partial charge is 0.497 e. The topological polar surface area (TPSA) is 18.5 Å². The van der Waals surface area contributed by atoms with E-state index in [1.165, 1.54) is 44.2 Å². The molecule has 0 saturated carbocycles. The van der Waals surface area contributed by atoms with Crippen LogP contribution in [0.4, 0.5) is 0 Å². The smallest absolute Gasteiger partial charge is 0.118 e. The summed E-state index contributed by atoms with van der Waals surface area (Å²) in [5.74, 6) is 2.49. The maximum atomic E-state index is 5.41. The van der Waals surface area contributed by atoms with Gasteiger partial charge in [0.1, 0.15) is 11.5 Å². The second-order valence-corrected chi connectivity index (χ2v) is 8.58. The van der Waals surface area contributed by atoms with E-state index in [0.717, 1.165) is 17.9 Å². The Balaban J connectivity index is 1.76. The minimum absolute atomic E-state index is 0.344. The van der Waals surface area contributed by atoms with E-state index in [-0.39, 0.29) is 0 Å². The predicted octanol–water partition coefficient (Wildman–Crippen LogP) is 7.14. The van der Waals surface area contributed by atoms with Crippen LogP contribution in [-0.2, 0) is 0 Å². The fourth-order valence-corrected chi connectivity index (χ4v) is 5.33. The first kappa shape index (κ1) is 19.7. The molecule has 0 aliphatic heterocycles. The summed E-state index contributed by atoms with van der Waals surface area (Å²) in [6, 6.07) is 26.4. The van der Waals surface area contributed by atoms with Crippen LogP contribution in [-0.4, -0.2) is 14.2 Å². The van der Waals surface area contributed by atoms with Gasteiger partial charge in [0.25, 0.3) is 0 Å². The van der Waals surface area contributed by atoms with E-state index in [2.05, 4.69) is 86.6 Å². The maximum Gasteiger partial charge on any atom is 0.118 e. The number of rotatable bonds is 4. The molecule has 0 amide bonds. The molecule has 2 atom stereocenters. The van der Waals surface area contributed by atoms with Crippen LogP contribution in [0, 0.1) is 13.8 Å². The summed E-state index contributed by atoms with van der Waals surface area (Å²) in [7, 11) is 3.44. The molecule has 2 heteroatoms. The molecule has 0 radical (unpaired) electrons. The van der Waals surface area contributed by atoms with Crippen molar-refractivity contribution in [3.05, 3.63) is 106 Å². The van der Waals surface area contributed by atoms with Crippen molar-refractivity contribution >= 4 is 10.8 Å². The van der Waals surface area contributed by atoms with Crippen molar-refractivity contribution in [3.63, 3.8) is 0 Å². The Kier molecular flexibility index (Phi) is 4.94. The van der Waals surface area contributed by atoms with Crippen molar-refractivity contribution < 1.29 is 9.47 Å². The van der Waals surface area contributed by atoms with Crippen LogP contribution < -0.4 is 9.47 Å². The molecular formula is C29H28O2. The van der Waals surface area contributed by atoms with Gasteiger partial charge in [0.15, 0.2) is 0 Å². The summed E-state index contributed by atoms with van der Waals surface area (Å²) in [6.07, 6.45) is 1.05. The van der Waals surface area contributed by atoms with Crippen molar-refractivity contribution in [3.8, 4) is 11.5 Å². The lowest BCUT2D eigenvalue weighted by atomic mass is 9.68. The van der Waals surface area contributed by atoms with Crippen molar-refractivity contribution in [2.75, 3.05) is 14.2 Å². The van der Waals surface area contributed by atoms with E-state index in [4.69, 9.17) is 9.47 Å². The average molecular weight is 409 g/mol. The highest BCUT2D eigenvalue weighted by atomic mass is 16.5. The molecule has 31 heavy (non-hydrogen) atoms. The fraction of sp³-hybridized carbons (Fsp3) is 0.241. The van der Waals surface area contributed by atoms with Crippen molar-refractivity contribution in [2.24, 2.45) is 0 Å². The minimum atomic E-state index is 0.344. The zero-order valence-corrected chi connectivity index (χ0v) is 18.6. The molecule has 1 aliphatic carbocycles. The molecule has 0 aromatic heterocycles. The number of methoxy groups -OCH3 is 2. The number of hydrogen-bond donors (Lipinski definition) is 0. The number of benzene rings is 4. The standard InChI is InChI=1S/C29H28O2/c1-18-5-7-22-8-6-19(2)28-26(21-11-15-24(31-4)16-12-21)17-25(27(18)29(22)28)20-9-13-23(30-3)14-10-20/h5-16,25-26H,17H2,1-4H3. The van der Waals surface area contributed by atoms with Crippen LogP contribution in [0.25, 0.3) is 10.8 Å². The summed E-state index contributed by atoms with van der Waals surface area (Å²) in [6.45, 7) is 4.51. The van der Waals surface area contributed by atoms with Crippen molar-refractivity contribution in [1.29, 1.82) is 0 Å². The maximum absolute atomic E-state index is 5.41. The van der Waals surface area contributed by atoms with Gasteiger partial charge in [-0.15, -0.1) is 0 Å².